The highest BCUT2D eigenvalue weighted by atomic mass is 19.1. The molecule has 78 valence electrons. The van der Waals surface area contributed by atoms with Gasteiger partial charge < -0.3 is 15.6 Å². The second kappa shape index (κ2) is 3.94. The number of methoxy groups -OCH3 is 1. The summed E-state index contributed by atoms with van der Waals surface area (Å²) in [6.07, 6.45) is 0. The molecule has 0 saturated heterocycles. The Kier molecular flexibility index (Phi) is 3.08. The summed E-state index contributed by atoms with van der Waals surface area (Å²) in [6.45, 7) is 1.34. The first-order chi connectivity index (χ1) is 6.51. The third-order valence-electron chi connectivity index (χ3n) is 2.11. The lowest BCUT2D eigenvalue weighted by molar-refractivity contribution is 0.206. The molecule has 4 heteroatoms. The molecule has 0 aromatic heterocycles. The summed E-state index contributed by atoms with van der Waals surface area (Å²) >= 11 is 0. The Morgan fingerprint density at radius 3 is 2.71 bits per heavy atom. The SMILES string of the molecule is COc1ccc(F)cc1C(C)(N)CO. The van der Waals surface area contributed by atoms with Gasteiger partial charge in [0.05, 0.1) is 19.3 Å². The maximum Gasteiger partial charge on any atom is 0.124 e. The molecule has 1 atom stereocenters. The molecule has 3 nitrogen and oxygen atoms in total. The van der Waals surface area contributed by atoms with Gasteiger partial charge >= 0.3 is 0 Å². The van der Waals surface area contributed by atoms with Crippen molar-refractivity contribution in [2.24, 2.45) is 5.73 Å². The van der Waals surface area contributed by atoms with E-state index in [9.17, 15) is 4.39 Å². The lowest BCUT2D eigenvalue weighted by Gasteiger charge is -2.24. The molecule has 0 aliphatic heterocycles. The van der Waals surface area contributed by atoms with E-state index >= 15 is 0 Å². The average molecular weight is 199 g/mol. The Morgan fingerprint density at radius 1 is 1.57 bits per heavy atom. The van der Waals surface area contributed by atoms with Crippen LogP contribution in [0.2, 0.25) is 0 Å². The molecule has 0 heterocycles. The molecule has 3 N–H and O–H groups in total. The third-order valence-corrected chi connectivity index (χ3v) is 2.11. The first-order valence-corrected chi connectivity index (χ1v) is 4.25. The standard InChI is InChI=1S/C10H14FNO2/c1-10(12,6-13)8-5-7(11)3-4-9(8)14-2/h3-5,13H,6,12H2,1-2H3. The fourth-order valence-corrected chi connectivity index (χ4v) is 1.21. The van der Waals surface area contributed by atoms with E-state index in [2.05, 4.69) is 0 Å². The maximum atomic E-state index is 13.0. The second-order valence-corrected chi connectivity index (χ2v) is 3.42. The number of halogens is 1. The minimum absolute atomic E-state index is 0.271. The van der Waals surface area contributed by atoms with Gasteiger partial charge in [0.1, 0.15) is 11.6 Å². The minimum atomic E-state index is -0.993. The summed E-state index contributed by atoms with van der Waals surface area (Å²) in [5.74, 6) is 0.0800. The Morgan fingerprint density at radius 2 is 2.21 bits per heavy atom. The molecule has 0 amide bonds. The van der Waals surface area contributed by atoms with E-state index in [1.54, 1.807) is 6.92 Å². The van der Waals surface area contributed by atoms with E-state index in [0.717, 1.165) is 0 Å². The normalized spacial score (nSPS) is 14.9. The maximum absolute atomic E-state index is 13.0. The van der Waals surface area contributed by atoms with E-state index in [0.29, 0.717) is 11.3 Å². The van der Waals surface area contributed by atoms with Crippen LogP contribution in [0, 0.1) is 5.82 Å². The van der Waals surface area contributed by atoms with Gasteiger partial charge in [0.25, 0.3) is 0 Å². The molecule has 0 radical (unpaired) electrons. The van der Waals surface area contributed by atoms with E-state index < -0.39 is 11.4 Å². The molecule has 1 aromatic carbocycles. The molecule has 1 rings (SSSR count). The number of hydrogen-bond acceptors (Lipinski definition) is 3. The van der Waals surface area contributed by atoms with E-state index in [1.807, 2.05) is 0 Å². The van der Waals surface area contributed by atoms with Crippen LogP contribution in [0.4, 0.5) is 4.39 Å². The van der Waals surface area contributed by atoms with Crippen molar-refractivity contribution in [3.8, 4) is 5.75 Å². The van der Waals surface area contributed by atoms with Gasteiger partial charge in [0.2, 0.25) is 0 Å². The van der Waals surface area contributed by atoms with Crippen LogP contribution in [0.3, 0.4) is 0 Å². The number of hydrogen-bond donors (Lipinski definition) is 2. The smallest absolute Gasteiger partial charge is 0.124 e. The molecule has 0 saturated carbocycles. The highest BCUT2D eigenvalue weighted by molar-refractivity contribution is 5.39. The first kappa shape index (κ1) is 10.9. The summed E-state index contributed by atoms with van der Waals surface area (Å²) in [4.78, 5) is 0. The molecule has 0 fully saturated rings. The predicted molar refractivity (Wildman–Crippen MR) is 51.6 cm³/mol. The molecular formula is C10H14FNO2. The largest absolute Gasteiger partial charge is 0.496 e. The van der Waals surface area contributed by atoms with Gasteiger partial charge in [-0.2, -0.15) is 0 Å². The van der Waals surface area contributed by atoms with Crippen LogP contribution in [-0.4, -0.2) is 18.8 Å². The van der Waals surface area contributed by atoms with E-state index in [1.165, 1.54) is 25.3 Å². The highest BCUT2D eigenvalue weighted by Crippen LogP contribution is 2.28. The topological polar surface area (TPSA) is 55.5 Å². The van der Waals surface area contributed by atoms with Crippen molar-refractivity contribution in [1.82, 2.24) is 0 Å². The summed E-state index contributed by atoms with van der Waals surface area (Å²) in [6, 6.07) is 4.05. The van der Waals surface area contributed by atoms with Crippen LogP contribution in [0.25, 0.3) is 0 Å². The molecule has 0 bridgehead atoms. The van der Waals surface area contributed by atoms with Crippen molar-refractivity contribution in [3.05, 3.63) is 29.6 Å². The molecular weight excluding hydrogens is 185 g/mol. The molecule has 0 aliphatic carbocycles. The zero-order valence-electron chi connectivity index (χ0n) is 8.25. The number of rotatable bonds is 3. The Hall–Kier alpha value is -1.13. The number of aliphatic hydroxyl groups is 1. The zero-order chi connectivity index (χ0) is 10.8. The summed E-state index contributed by atoms with van der Waals surface area (Å²) < 4.78 is 18.0. The van der Waals surface area contributed by atoms with Gasteiger partial charge in [0, 0.05) is 5.56 Å². The van der Waals surface area contributed by atoms with Crippen molar-refractivity contribution < 1.29 is 14.2 Å². The Balaban J connectivity index is 3.23. The molecule has 1 aromatic rings. The van der Waals surface area contributed by atoms with Crippen LogP contribution < -0.4 is 10.5 Å². The summed E-state index contributed by atoms with van der Waals surface area (Å²) in [7, 11) is 1.48. The fourth-order valence-electron chi connectivity index (χ4n) is 1.21. The van der Waals surface area contributed by atoms with Crippen molar-refractivity contribution in [3.63, 3.8) is 0 Å². The Labute approximate surface area is 82.3 Å². The van der Waals surface area contributed by atoms with Crippen LogP contribution in [0.5, 0.6) is 5.75 Å². The first-order valence-electron chi connectivity index (χ1n) is 4.25. The predicted octanol–water partition coefficient (Wildman–Crippen LogP) is 1.00. The number of nitrogens with two attached hydrogens (primary N) is 1. The molecule has 0 spiro atoms. The number of benzene rings is 1. The van der Waals surface area contributed by atoms with Gasteiger partial charge in [-0.05, 0) is 25.1 Å². The van der Waals surface area contributed by atoms with Crippen molar-refractivity contribution >= 4 is 0 Å². The number of aliphatic hydroxyl groups excluding tert-OH is 1. The van der Waals surface area contributed by atoms with Crippen molar-refractivity contribution in [2.75, 3.05) is 13.7 Å². The number of ether oxygens (including phenoxy) is 1. The summed E-state index contributed by atoms with van der Waals surface area (Å²) in [5.41, 5.74) is 5.25. The molecule has 1 unspecified atom stereocenters. The summed E-state index contributed by atoms with van der Waals surface area (Å²) in [5, 5.41) is 9.06. The third kappa shape index (κ3) is 2.02. The van der Waals surface area contributed by atoms with Crippen LogP contribution >= 0.6 is 0 Å². The second-order valence-electron chi connectivity index (χ2n) is 3.42. The molecule has 0 aliphatic rings. The van der Waals surface area contributed by atoms with Gasteiger partial charge in [-0.25, -0.2) is 4.39 Å². The van der Waals surface area contributed by atoms with Gasteiger partial charge in [0.15, 0.2) is 0 Å². The quantitative estimate of drug-likeness (QED) is 0.763. The van der Waals surface area contributed by atoms with Crippen molar-refractivity contribution in [1.29, 1.82) is 0 Å². The fraction of sp³-hybridized carbons (Fsp3) is 0.400. The highest BCUT2D eigenvalue weighted by Gasteiger charge is 2.24. The molecule has 14 heavy (non-hydrogen) atoms. The average Bonchev–Trinajstić information content (AvgIpc) is 2.18. The van der Waals surface area contributed by atoms with E-state index in [-0.39, 0.29) is 6.61 Å². The van der Waals surface area contributed by atoms with Crippen LogP contribution in [-0.2, 0) is 5.54 Å². The minimum Gasteiger partial charge on any atom is -0.496 e. The monoisotopic (exact) mass is 199 g/mol. The van der Waals surface area contributed by atoms with Gasteiger partial charge in [-0.1, -0.05) is 0 Å². The lowest BCUT2D eigenvalue weighted by Crippen LogP contribution is -2.37. The Bertz CT molecular complexity index is 326. The van der Waals surface area contributed by atoms with Gasteiger partial charge in [-0.3, -0.25) is 0 Å². The van der Waals surface area contributed by atoms with Crippen LogP contribution in [0.1, 0.15) is 12.5 Å². The van der Waals surface area contributed by atoms with E-state index in [4.69, 9.17) is 15.6 Å². The van der Waals surface area contributed by atoms with Crippen LogP contribution in [0.15, 0.2) is 18.2 Å². The lowest BCUT2D eigenvalue weighted by atomic mass is 9.93. The van der Waals surface area contributed by atoms with Crippen molar-refractivity contribution in [2.45, 2.75) is 12.5 Å². The zero-order valence-corrected chi connectivity index (χ0v) is 8.25. The van der Waals surface area contributed by atoms with Gasteiger partial charge in [-0.15, -0.1) is 0 Å².